The average Bonchev–Trinajstić information content (AvgIpc) is 2.86. The maximum Gasteiger partial charge on any atom is 0.262 e. The Morgan fingerprint density at radius 2 is 1.62 bits per heavy atom. The number of ether oxygens (including phenoxy) is 1. The Balaban J connectivity index is 1.45. The first-order chi connectivity index (χ1) is 16.5. The largest absolute Gasteiger partial charge is 0.489 e. The lowest BCUT2D eigenvalue weighted by Gasteiger charge is -2.38. The number of aryl methyl sites for hydroxylation is 2. The number of anilines is 2. The molecule has 0 saturated heterocycles. The van der Waals surface area contributed by atoms with Gasteiger partial charge in [-0.2, -0.15) is 0 Å². The molecule has 0 radical (unpaired) electrons. The molecule has 0 aliphatic carbocycles. The van der Waals surface area contributed by atoms with Gasteiger partial charge < -0.3 is 10.1 Å². The van der Waals surface area contributed by atoms with Crippen LogP contribution in [0.25, 0.3) is 0 Å². The van der Waals surface area contributed by atoms with Gasteiger partial charge in [-0.1, -0.05) is 60.1 Å². The van der Waals surface area contributed by atoms with E-state index in [4.69, 9.17) is 16.3 Å². The topological polar surface area (TPSA) is 41.6 Å². The maximum absolute atomic E-state index is 13.6. The summed E-state index contributed by atoms with van der Waals surface area (Å²) in [5.74, 6) is 0.714. The quantitative estimate of drug-likeness (QED) is 0.334. The normalized spacial score (nSPS) is 15.0. The Morgan fingerprint density at radius 1 is 0.882 bits per heavy atom. The number of hydrogen-bond acceptors (Lipinski definition) is 3. The summed E-state index contributed by atoms with van der Waals surface area (Å²) >= 11 is 6.24. The first-order valence-corrected chi connectivity index (χ1v) is 11.6. The first-order valence-electron chi connectivity index (χ1n) is 11.2. The van der Waals surface area contributed by atoms with Crippen LogP contribution < -0.4 is 15.0 Å². The van der Waals surface area contributed by atoms with E-state index in [0.29, 0.717) is 17.2 Å². The highest BCUT2D eigenvalue weighted by Gasteiger charge is 2.34. The number of nitrogens with zero attached hydrogens (tertiary/aromatic N) is 1. The molecule has 4 nitrogen and oxygen atoms in total. The van der Waals surface area contributed by atoms with E-state index in [1.807, 2.05) is 83.8 Å². The monoisotopic (exact) mass is 468 g/mol. The van der Waals surface area contributed by atoms with Crippen LogP contribution in [0.15, 0.2) is 91.0 Å². The fourth-order valence-corrected chi connectivity index (χ4v) is 4.34. The van der Waals surface area contributed by atoms with E-state index in [1.165, 1.54) is 5.56 Å². The van der Waals surface area contributed by atoms with Crippen LogP contribution >= 0.6 is 11.6 Å². The zero-order chi connectivity index (χ0) is 23.7. The molecule has 1 heterocycles. The van der Waals surface area contributed by atoms with Gasteiger partial charge >= 0.3 is 0 Å². The fraction of sp³-hybridized carbons (Fsp3) is 0.138. The van der Waals surface area contributed by atoms with Crippen LogP contribution in [0.2, 0.25) is 5.02 Å². The SMILES string of the molecule is Cc1ccc(N2C(=O)c3ccccc3NC2c2ccc(OCc3ccccc3Cl)cc2)cc1C. The molecule has 0 aromatic heterocycles. The van der Waals surface area contributed by atoms with E-state index < -0.39 is 0 Å². The van der Waals surface area contributed by atoms with E-state index in [-0.39, 0.29) is 12.1 Å². The third-order valence-corrected chi connectivity index (χ3v) is 6.61. The Hall–Kier alpha value is -3.76. The molecule has 4 aromatic rings. The summed E-state index contributed by atoms with van der Waals surface area (Å²) in [4.78, 5) is 15.4. The summed E-state index contributed by atoms with van der Waals surface area (Å²) in [6, 6.07) is 29.3. The molecule has 0 fully saturated rings. The van der Waals surface area contributed by atoms with Crippen molar-refractivity contribution in [2.75, 3.05) is 10.2 Å². The van der Waals surface area contributed by atoms with Gasteiger partial charge in [-0.15, -0.1) is 0 Å². The van der Waals surface area contributed by atoms with E-state index in [9.17, 15) is 4.79 Å². The fourth-order valence-electron chi connectivity index (χ4n) is 4.15. The van der Waals surface area contributed by atoms with Crippen LogP contribution in [-0.4, -0.2) is 5.91 Å². The molecule has 1 amide bonds. The van der Waals surface area contributed by atoms with E-state index >= 15 is 0 Å². The third kappa shape index (κ3) is 4.25. The predicted octanol–water partition coefficient (Wildman–Crippen LogP) is 7.31. The minimum atomic E-state index is -0.345. The van der Waals surface area contributed by atoms with Crippen LogP contribution in [0, 0.1) is 13.8 Å². The molecule has 4 aromatic carbocycles. The molecule has 0 spiro atoms. The van der Waals surface area contributed by atoms with Crippen molar-refractivity contribution in [1.29, 1.82) is 0 Å². The second kappa shape index (κ2) is 9.24. The maximum atomic E-state index is 13.6. The summed E-state index contributed by atoms with van der Waals surface area (Å²) in [7, 11) is 0. The van der Waals surface area contributed by atoms with Crippen LogP contribution in [-0.2, 0) is 6.61 Å². The summed E-state index contributed by atoms with van der Waals surface area (Å²) in [5.41, 5.74) is 6.59. The Bertz CT molecular complexity index is 1350. The molecular formula is C29H25ClN2O2. The molecule has 1 aliphatic rings. The molecule has 5 heteroatoms. The minimum Gasteiger partial charge on any atom is -0.489 e. The summed E-state index contributed by atoms with van der Waals surface area (Å²) in [6.07, 6.45) is -0.345. The highest BCUT2D eigenvalue weighted by molar-refractivity contribution is 6.31. The number of fused-ring (bicyclic) bond motifs is 1. The number of hydrogen-bond donors (Lipinski definition) is 1. The summed E-state index contributed by atoms with van der Waals surface area (Å²) in [5, 5.41) is 4.24. The number of rotatable bonds is 5. The zero-order valence-electron chi connectivity index (χ0n) is 19.1. The number of halogens is 1. The molecule has 1 N–H and O–H groups in total. The number of benzene rings is 4. The molecule has 170 valence electrons. The second-order valence-corrected chi connectivity index (χ2v) is 8.89. The number of carbonyl (C=O) groups is 1. The number of amides is 1. The standard InChI is InChI=1S/C29H25ClN2O2/c1-19-11-14-23(17-20(19)2)32-28(31-27-10-6-4-8-25(27)29(32)33)21-12-15-24(16-13-21)34-18-22-7-3-5-9-26(22)30/h3-17,28,31H,18H2,1-2H3. The van der Waals surface area contributed by atoms with Crippen molar-refractivity contribution in [3.8, 4) is 5.75 Å². The van der Waals surface area contributed by atoms with Gasteiger partial charge in [0.05, 0.1) is 5.56 Å². The highest BCUT2D eigenvalue weighted by atomic mass is 35.5. The van der Waals surface area contributed by atoms with Gasteiger partial charge in [0, 0.05) is 22.0 Å². The lowest BCUT2D eigenvalue weighted by molar-refractivity contribution is 0.0975. The van der Waals surface area contributed by atoms with Gasteiger partial charge in [-0.25, -0.2) is 0 Å². The molecule has 0 saturated carbocycles. The summed E-state index contributed by atoms with van der Waals surface area (Å²) < 4.78 is 5.95. The Labute approximate surface area is 204 Å². The highest BCUT2D eigenvalue weighted by Crippen LogP contribution is 2.37. The minimum absolute atomic E-state index is 0.0263. The van der Waals surface area contributed by atoms with Crippen molar-refractivity contribution >= 4 is 28.9 Å². The molecule has 1 aliphatic heterocycles. The van der Waals surface area contributed by atoms with Crippen molar-refractivity contribution < 1.29 is 9.53 Å². The van der Waals surface area contributed by atoms with Crippen LogP contribution in [0.1, 0.15) is 38.8 Å². The molecule has 34 heavy (non-hydrogen) atoms. The molecule has 1 atom stereocenters. The van der Waals surface area contributed by atoms with Crippen molar-refractivity contribution in [2.24, 2.45) is 0 Å². The van der Waals surface area contributed by atoms with Gasteiger partial charge in [-0.05, 0) is 73.0 Å². The molecule has 1 unspecified atom stereocenters. The number of nitrogens with one attached hydrogen (secondary N) is 1. The number of carbonyl (C=O) groups excluding carboxylic acids is 1. The molecular weight excluding hydrogens is 444 g/mol. The summed E-state index contributed by atoms with van der Waals surface area (Å²) in [6.45, 7) is 4.53. The molecule has 0 bridgehead atoms. The Morgan fingerprint density at radius 3 is 2.38 bits per heavy atom. The zero-order valence-corrected chi connectivity index (χ0v) is 19.8. The lowest BCUT2D eigenvalue weighted by Crippen LogP contribution is -2.43. The van der Waals surface area contributed by atoms with Crippen molar-refractivity contribution in [1.82, 2.24) is 0 Å². The van der Waals surface area contributed by atoms with E-state index in [0.717, 1.165) is 33.8 Å². The predicted molar refractivity (Wildman–Crippen MR) is 138 cm³/mol. The molecule has 5 rings (SSSR count). The lowest BCUT2D eigenvalue weighted by atomic mass is 10.0. The number of para-hydroxylation sites is 1. The first kappa shape index (κ1) is 22.1. The second-order valence-electron chi connectivity index (χ2n) is 8.49. The van der Waals surface area contributed by atoms with Crippen molar-refractivity contribution in [3.05, 3.63) is 124 Å². The van der Waals surface area contributed by atoms with Crippen molar-refractivity contribution in [3.63, 3.8) is 0 Å². The average molecular weight is 469 g/mol. The van der Waals surface area contributed by atoms with Crippen LogP contribution in [0.4, 0.5) is 11.4 Å². The van der Waals surface area contributed by atoms with Gasteiger partial charge in [0.15, 0.2) is 0 Å². The van der Waals surface area contributed by atoms with Gasteiger partial charge in [0.2, 0.25) is 0 Å². The smallest absolute Gasteiger partial charge is 0.262 e. The van der Waals surface area contributed by atoms with E-state index in [2.05, 4.69) is 31.3 Å². The van der Waals surface area contributed by atoms with Crippen LogP contribution in [0.5, 0.6) is 5.75 Å². The Kier molecular flexibility index (Phi) is 5.99. The van der Waals surface area contributed by atoms with E-state index in [1.54, 1.807) is 0 Å². The van der Waals surface area contributed by atoms with Crippen molar-refractivity contribution in [2.45, 2.75) is 26.6 Å². The van der Waals surface area contributed by atoms with Crippen LogP contribution in [0.3, 0.4) is 0 Å². The third-order valence-electron chi connectivity index (χ3n) is 6.24. The van der Waals surface area contributed by atoms with Gasteiger partial charge in [0.25, 0.3) is 5.91 Å². The van der Waals surface area contributed by atoms with Gasteiger partial charge in [0.1, 0.15) is 18.5 Å². The van der Waals surface area contributed by atoms with Gasteiger partial charge in [-0.3, -0.25) is 9.69 Å².